The topological polar surface area (TPSA) is 100 Å². The van der Waals surface area contributed by atoms with Gasteiger partial charge in [0.05, 0.1) is 37.5 Å². The van der Waals surface area contributed by atoms with Crippen molar-refractivity contribution in [2.24, 2.45) is 0 Å². The van der Waals surface area contributed by atoms with Gasteiger partial charge in [-0.15, -0.1) is 0 Å². The Bertz CT molecular complexity index is 1050. The summed E-state index contributed by atoms with van der Waals surface area (Å²) in [5.74, 6) is 1.31. The number of benzene rings is 2. The summed E-state index contributed by atoms with van der Waals surface area (Å²) in [5.41, 5.74) is 1.32. The molecule has 32 heavy (non-hydrogen) atoms. The van der Waals surface area contributed by atoms with Crippen molar-refractivity contribution in [2.75, 3.05) is 51.9 Å². The number of aromatic nitrogens is 2. The molecular formula is C22H26ClFN4O4. The molecule has 1 fully saturated rings. The Morgan fingerprint density at radius 3 is 2.72 bits per heavy atom. The van der Waals surface area contributed by atoms with E-state index in [0.717, 1.165) is 44.7 Å². The summed E-state index contributed by atoms with van der Waals surface area (Å²) in [5, 5.41) is 3.97. The lowest BCUT2D eigenvalue weighted by molar-refractivity contribution is 0.0357. The van der Waals surface area contributed by atoms with Crippen LogP contribution in [0.4, 0.5) is 15.9 Å². The van der Waals surface area contributed by atoms with E-state index in [4.69, 9.17) is 25.8 Å². The molecule has 8 nitrogen and oxygen atoms in total. The molecule has 0 amide bonds. The summed E-state index contributed by atoms with van der Waals surface area (Å²) in [6.07, 6.45) is 2.35. The van der Waals surface area contributed by atoms with E-state index in [2.05, 4.69) is 20.2 Å². The Labute approximate surface area is 190 Å². The predicted molar refractivity (Wildman–Crippen MR) is 122 cm³/mol. The van der Waals surface area contributed by atoms with E-state index < -0.39 is 5.82 Å². The molecular weight excluding hydrogens is 439 g/mol. The lowest BCUT2D eigenvalue weighted by atomic mass is 10.2. The Hall–Kier alpha value is -2.72. The highest BCUT2D eigenvalue weighted by Crippen LogP contribution is 2.35. The molecule has 4 rings (SSSR count). The van der Waals surface area contributed by atoms with Crippen molar-refractivity contribution in [3.05, 3.63) is 47.5 Å². The molecule has 3 aromatic rings. The van der Waals surface area contributed by atoms with Gasteiger partial charge in [0.15, 0.2) is 11.5 Å². The van der Waals surface area contributed by atoms with Crippen LogP contribution in [0.5, 0.6) is 11.5 Å². The van der Waals surface area contributed by atoms with Crippen molar-refractivity contribution in [1.29, 1.82) is 0 Å². The number of fused-ring (bicyclic) bond motifs is 1. The van der Waals surface area contributed by atoms with Crippen LogP contribution < -0.4 is 14.8 Å². The molecule has 0 unspecified atom stereocenters. The first-order chi connectivity index (χ1) is 15.1. The Balaban J connectivity index is 0.00000289. The molecule has 3 N–H and O–H groups in total. The molecule has 0 spiro atoms. The third-order valence-corrected chi connectivity index (χ3v) is 5.37. The zero-order valence-electron chi connectivity index (χ0n) is 17.7. The molecule has 1 aromatic heterocycles. The van der Waals surface area contributed by atoms with E-state index >= 15 is 0 Å². The standard InChI is InChI=1S/C22H24ClFN4O3.H2O/c1-29-20-13-19-16(12-21(20)31-8-2-5-28-6-9-30-10-7-28)22(26-14-25-19)27-15-3-4-18(24)17(23)11-15;/h3-4,11-14H,2,5-10H2,1H3,(H,25,26,27);1H2. The molecule has 0 radical (unpaired) electrons. The van der Waals surface area contributed by atoms with Gasteiger partial charge >= 0.3 is 0 Å². The fourth-order valence-electron chi connectivity index (χ4n) is 3.44. The van der Waals surface area contributed by atoms with Crippen LogP contribution in [0.1, 0.15) is 6.42 Å². The van der Waals surface area contributed by atoms with Gasteiger partial charge in [-0.1, -0.05) is 11.6 Å². The van der Waals surface area contributed by atoms with Gasteiger partial charge in [-0.2, -0.15) is 0 Å². The predicted octanol–water partition coefficient (Wildman–Crippen LogP) is 3.45. The van der Waals surface area contributed by atoms with E-state index in [1.807, 2.05) is 12.1 Å². The minimum atomic E-state index is -0.475. The van der Waals surface area contributed by atoms with Gasteiger partial charge in [-0.25, -0.2) is 14.4 Å². The fraction of sp³-hybridized carbons (Fsp3) is 0.364. The van der Waals surface area contributed by atoms with Crippen LogP contribution in [-0.2, 0) is 4.74 Å². The third-order valence-electron chi connectivity index (χ3n) is 5.08. The molecule has 2 aromatic carbocycles. The fourth-order valence-corrected chi connectivity index (χ4v) is 3.62. The minimum Gasteiger partial charge on any atom is -0.493 e. The maximum absolute atomic E-state index is 13.5. The Morgan fingerprint density at radius 1 is 1.16 bits per heavy atom. The maximum atomic E-state index is 13.5. The minimum absolute atomic E-state index is 0. The van der Waals surface area contributed by atoms with Crippen LogP contribution in [0.15, 0.2) is 36.7 Å². The molecule has 0 aliphatic carbocycles. The molecule has 0 saturated carbocycles. The largest absolute Gasteiger partial charge is 0.493 e. The van der Waals surface area contributed by atoms with E-state index in [9.17, 15) is 4.39 Å². The number of halogens is 2. The van der Waals surface area contributed by atoms with Crippen LogP contribution >= 0.6 is 11.6 Å². The van der Waals surface area contributed by atoms with Crippen molar-refractivity contribution in [3.63, 3.8) is 0 Å². The molecule has 10 heteroatoms. The van der Waals surface area contributed by atoms with Gasteiger partial charge in [-0.05, 0) is 30.7 Å². The second kappa shape index (κ2) is 11.2. The van der Waals surface area contributed by atoms with Crippen LogP contribution in [0.2, 0.25) is 5.02 Å². The molecule has 1 saturated heterocycles. The average Bonchev–Trinajstić information content (AvgIpc) is 2.79. The van der Waals surface area contributed by atoms with Crippen LogP contribution in [-0.4, -0.2) is 66.9 Å². The molecule has 172 valence electrons. The first kappa shape index (κ1) is 23.9. The smallest absolute Gasteiger partial charge is 0.162 e. The zero-order chi connectivity index (χ0) is 21.6. The zero-order valence-corrected chi connectivity index (χ0v) is 18.5. The quantitative estimate of drug-likeness (QED) is 0.509. The summed E-state index contributed by atoms with van der Waals surface area (Å²) in [7, 11) is 1.60. The molecule has 1 aliphatic rings. The van der Waals surface area contributed by atoms with Crippen LogP contribution in [0.3, 0.4) is 0 Å². The highest BCUT2D eigenvalue weighted by Gasteiger charge is 2.14. The first-order valence-corrected chi connectivity index (χ1v) is 10.5. The van der Waals surface area contributed by atoms with Crippen molar-refractivity contribution < 1.29 is 24.1 Å². The molecule has 0 atom stereocenters. The summed E-state index contributed by atoms with van der Waals surface area (Å²) < 4.78 is 30.4. The van der Waals surface area contributed by atoms with Crippen molar-refractivity contribution in [2.45, 2.75) is 6.42 Å². The second-order valence-electron chi connectivity index (χ2n) is 7.15. The molecule has 2 heterocycles. The lowest BCUT2D eigenvalue weighted by Gasteiger charge is -2.26. The summed E-state index contributed by atoms with van der Waals surface area (Å²) in [6, 6.07) is 8.09. The number of nitrogens with one attached hydrogen (secondary N) is 1. The number of nitrogens with zero attached hydrogens (tertiary/aromatic N) is 3. The highest BCUT2D eigenvalue weighted by atomic mass is 35.5. The third kappa shape index (κ3) is 5.74. The van der Waals surface area contributed by atoms with Gasteiger partial charge in [0.1, 0.15) is 18.0 Å². The van der Waals surface area contributed by atoms with E-state index in [1.165, 1.54) is 18.5 Å². The summed E-state index contributed by atoms with van der Waals surface area (Å²) in [6.45, 7) is 5.00. The number of morpholine rings is 1. The van der Waals surface area contributed by atoms with Gasteiger partial charge < -0.3 is 25.0 Å². The number of hydrogen-bond donors (Lipinski definition) is 1. The number of anilines is 2. The highest BCUT2D eigenvalue weighted by molar-refractivity contribution is 6.31. The summed E-state index contributed by atoms with van der Waals surface area (Å²) in [4.78, 5) is 11.0. The number of methoxy groups -OCH3 is 1. The van der Waals surface area contributed by atoms with Crippen molar-refractivity contribution in [3.8, 4) is 11.5 Å². The van der Waals surface area contributed by atoms with Crippen molar-refractivity contribution >= 4 is 34.0 Å². The van der Waals surface area contributed by atoms with E-state index in [0.29, 0.717) is 35.1 Å². The first-order valence-electron chi connectivity index (χ1n) is 10.1. The average molecular weight is 465 g/mol. The Morgan fingerprint density at radius 2 is 1.97 bits per heavy atom. The van der Waals surface area contributed by atoms with E-state index in [1.54, 1.807) is 13.2 Å². The van der Waals surface area contributed by atoms with Crippen LogP contribution in [0.25, 0.3) is 10.9 Å². The SMILES string of the molecule is COc1cc2ncnc(Nc3ccc(F)c(Cl)c3)c2cc1OCCCN1CCOCC1.O. The monoisotopic (exact) mass is 464 g/mol. The number of hydrogen-bond acceptors (Lipinski definition) is 7. The van der Waals surface area contributed by atoms with Gasteiger partial charge in [-0.3, -0.25) is 4.90 Å². The Kier molecular flexibility index (Phi) is 8.40. The van der Waals surface area contributed by atoms with Gasteiger partial charge in [0.2, 0.25) is 0 Å². The summed E-state index contributed by atoms with van der Waals surface area (Å²) >= 11 is 5.90. The normalized spacial score (nSPS) is 14.1. The van der Waals surface area contributed by atoms with E-state index in [-0.39, 0.29) is 10.5 Å². The number of rotatable bonds is 8. The maximum Gasteiger partial charge on any atom is 0.162 e. The van der Waals surface area contributed by atoms with Crippen molar-refractivity contribution in [1.82, 2.24) is 14.9 Å². The second-order valence-corrected chi connectivity index (χ2v) is 7.56. The number of ether oxygens (including phenoxy) is 3. The van der Waals surface area contributed by atoms with Crippen LogP contribution in [0, 0.1) is 5.82 Å². The van der Waals surface area contributed by atoms with Gasteiger partial charge in [0, 0.05) is 36.8 Å². The lowest BCUT2D eigenvalue weighted by Crippen LogP contribution is -2.37. The molecule has 0 bridgehead atoms. The molecule has 1 aliphatic heterocycles. The van der Waals surface area contributed by atoms with Gasteiger partial charge in [0.25, 0.3) is 0 Å².